The third kappa shape index (κ3) is 1.97. The molecule has 0 amide bonds. The summed E-state index contributed by atoms with van der Waals surface area (Å²) in [6, 6.07) is 4.75. The number of hydrogen-bond acceptors (Lipinski definition) is 3. The molecule has 0 aliphatic heterocycles. The van der Waals surface area contributed by atoms with Crippen molar-refractivity contribution in [2.24, 2.45) is 5.41 Å². The van der Waals surface area contributed by atoms with E-state index in [0.717, 1.165) is 6.42 Å². The van der Waals surface area contributed by atoms with E-state index in [0.29, 0.717) is 12.1 Å². The number of rotatable bonds is 3. The number of nitrogens with zero attached hydrogens (tertiary/aromatic N) is 1. The minimum atomic E-state index is -0.172. The molecule has 2 unspecified atom stereocenters. The van der Waals surface area contributed by atoms with Gasteiger partial charge in [0.2, 0.25) is 0 Å². The first kappa shape index (κ1) is 11.6. The predicted molar refractivity (Wildman–Crippen MR) is 64.0 cm³/mol. The predicted octanol–water partition coefficient (Wildman–Crippen LogP) is 1.89. The van der Waals surface area contributed by atoms with Crippen LogP contribution in [0.15, 0.2) is 24.5 Å². The van der Waals surface area contributed by atoms with Gasteiger partial charge in [-0.3, -0.25) is 4.98 Å². The smallest absolute Gasteiger partial charge is 0.0621 e. The lowest BCUT2D eigenvalue weighted by molar-refractivity contribution is -0.0754. The number of nitrogens with one attached hydrogen (secondary N) is 1. The maximum absolute atomic E-state index is 9.68. The van der Waals surface area contributed by atoms with Crippen molar-refractivity contribution >= 4 is 0 Å². The van der Waals surface area contributed by atoms with Gasteiger partial charge in [-0.15, -0.1) is 0 Å². The lowest BCUT2D eigenvalue weighted by Crippen LogP contribution is -2.60. The van der Waals surface area contributed by atoms with Crippen LogP contribution < -0.4 is 5.32 Å². The fourth-order valence-electron chi connectivity index (χ4n) is 2.24. The third-order valence-corrected chi connectivity index (χ3v) is 3.87. The van der Waals surface area contributed by atoms with Gasteiger partial charge in [0, 0.05) is 29.9 Å². The summed E-state index contributed by atoms with van der Waals surface area (Å²) in [7, 11) is 0. The van der Waals surface area contributed by atoms with E-state index in [-0.39, 0.29) is 11.5 Å². The van der Waals surface area contributed by atoms with Crippen LogP contribution in [0.1, 0.15) is 38.8 Å². The molecule has 1 aliphatic carbocycles. The van der Waals surface area contributed by atoms with Crippen LogP contribution in [0.4, 0.5) is 0 Å². The average molecular weight is 220 g/mol. The molecule has 0 spiro atoms. The van der Waals surface area contributed by atoms with Crippen molar-refractivity contribution in [2.75, 3.05) is 0 Å². The molecule has 3 atom stereocenters. The van der Waals surface area contributed by atoms with Gasteiger partial charge < -0.3 is 10.4 Å². The second kappa shape index (κ2) is 4.15. The highest BCUT2D eigenvalue weighted by Crippen LogP contribution is 2.41. The molecule has 1 aromatic heterocycles. The summed E-state index contributed by atoms with van der Waals surface area (Å²) in [5, 5.41) is 13.2. The summed E-state index contributed by atoms with van der Waals surface area (Å²) in [6.45, 7) is 6.37. The number of hydrogen-bond donors (Lipinski definition) is 2. The van der Waals surface area contributed by atoms with Crippen LogP contribution in [-0.4, -0.2) is 22.2 Å². The maximum Gasteiger partial charge on any atom is 0.0621 e. The molecule has 1 fully saturated rings. The van der Waals surface area contributed by atoms with E-state index < -0.39 is 0 Å². The fraction of sp³-hybridized carbons (Fsp3) is 0.615. The number of aliphatic hydroxyl groups is 1. The lowest BCUT2D eigenvalue weighted by Gasteiger charge is -2.50. The van der Waals surface area contributed by atoms with Crippen molar-refractivity contribution in [3.8, 4) is 0 Å². The summed E-state index contributed by atoms with van der Waals surface area (Å²) >= 11 is 0. The standard InChI is InChI=1S/C13H20N2O/c1-9(10-4-6-14-7-5-10)15-11-8-12(16)13(11,2)3/h4-7,9,11-12,15-16H,8H2,1-3H3/t9-,11?,12?/m1/s1. The molecule has 0 saturated heterocycles. The van der Waals surface area contributed by atoms with Crippen molar-refractivity contribution in [3.05, 3.63) is 30.1 Å². The van der Waals surface area contributed by atoms with Crippen LogP contribution in [0.2, 0.25) is 0 Å². The Morgan fingerprint density at radius 1 is 1.44 bits per heavy atom. The molecule has 1 aliphatic rings. The monoisotopic (exact) mass is 220 g/mol. The lowest BCUT2D eigenvalue weighted by atomic mass is 9.64. The molecule has 88 valence electrons. The molecular weight excluding hydrogens is 200 g/mol. The van der Waals surface area contributed by atoms with Crippen LogP contribution in [-0.2, 0) is 0 Å². The van der Waals surface area contributed by atoms with E-state index in [2.05, 4.69) is 31.1 Å². The van der Waals surface area contributed by atoms with E-state index in [1.54, 1.807) is 0 Å². The van der Waals surface area contributed by atoms with E-state index in [1.165, 1.54) is 5.56 Å². The summed E-state index contributed by atoms with van der Waals surface area (Å²) in [6.07, 6.45) is 4.31. The van der Waals surface area contributed by atoms with Crippen LogP contribution in [0, 0.1) is 5.41 Å². The maximum atomic E-state index is 9.68. The van der Waals surface area contributed by atoms with E-state index in [1.807, 2.05) is 24.5 Å². The zero-order chi connectivity index (χ0) is 11.8. The highest BCUT2D eigenvalue weighted by molar-refractivity contribution is 5.15. The molecule has 0 bridgehead atoms. The van der Waals surface area contributed by atoms with E-state index in [4.69, 9.17) is 0 Å². The Hall–Kier alpha value is -0.930. The molecule has 0 radical (unpaired) electrons. The molecule has 3 heteroatoms. The molecule has 2 rings (SSSR count). The summed E-state index contributed by atoms with van der Waals surface area (Å²) < 4.78 is 0. The van der Waals surface area contributed by atoms with Crippen LogP contribution in [0.25, 0.3) is 0 Å². The van der Waals surface area contributed by atoms with Crippen molar-refractivity contribution in [1.82, 2.24) is 10.3 Å². The van der Waals surface area contributed by atoms with Gasteiger partial charge in [-0.2, -0.15) is 0 Å². The first-order chi connectivity index (χ1) is 7.51. The molecule has 1 heterocycles. The van der Waals surface area contributed by atoms with Gasteiger partial charge in [-0.05, 0) is 31.0 Å². The molecular formula is C13H20N2O. The van der Waals surface area contributed by atoms with Gasteiger partial charge in [0.25, 0.3) is 0 Å². The zero-order valence-corrected chi connectivity index (χ0v) is 10.1. The molecule has 1 aromatic rings. The van der Waals surface area contributed by atoms with E-state index in [9.17, 15) is 5.11 Å². The van der Waals surface area contributed by atoms with Crippen molar-refractivity contribution in [1.29, 1.82) is 0 Å². The molecule has 16 heavy (non-hydrogen) atoms. The molecule has 1 saturated carbocycles. The highest BCUT2D eigenvalue weighted by Gasteiger charge is 2.47. The minimum Gasteiger partial charge on any atom is -0.392 e. The van der Waals surface area contributed by atoms with Crippen molar-refractivity contribution < 1.29 is 5.11 Å². The average Bonchev–Trinajstić information content (AvgIpc) is 2.29. The van der Waals surface area contributed by atoms with E-state index >= 15 is 0 Å². The topological polar surface area (TPSA) is 45.1 Å². The Balaban J connectivity index is 1.97. The summed E-state index contributed by atoms with van der Waals surface area (Å²) in [4.78, 5) is 4.01. The second-order valence-corrected chi connectivity index (χ2v) is 5.29. The largest absolute Gasteiger partial charge is 0.392 e. The Morgan fingerprint density at radius 2 is 2.06 bits per heavy atom. The highest BCUT2D eigenvalue weighted by atomic mass is 16.3. The SMILES string of the molecule is C[C@@H](NC1CC(O)C1(C)C)c1ccncc1. The molecule has 3 nitrogen and oxygen atoms in total. The van der Waals surface area contributed by atoms with Gasteiger partial charge in [0.15, 0.2) is 0 Å². The van der Waals surface area contributed by atoms with Gasteiger partial charge in [-0.25, -0.2) is 0 Å². The fourth-order valence-corrected chi connectivity index (χ4v) is 2.24. The Bertz CT molecular complexity index is 350. The summed E-state index contributed by atoms with van der Waals surface area (Å²) in [5.41, 5.74) is 1.23. The first-order valence-corrected chi connectivity index (χ1v) is 5.86. The Morgan fingerprint density at radius 3 is 2.56 bits per heavy atom. The number of aliphatic hydroxyl groups excluding tert-OH is 1. The quantitative estimate of drug-likeness (QED) is 0.817. The molecule has 0 aromatic carbocycles. The first-order valence-electron chi connectivity index (χ1n) is 5.86. The van der Waals surface area contributed by atoms with Crippen LogP contribution in [0.5, 0.6) is 0 Å². The normalized spacial score (nSPS) is 29.5. The second-order valence-electron chi connectivity index (χ2n) is 5.29. The van der Waals surface area contributed by atoms with Gasteiger partial charge in [0.05, 0.1) is 6.10 Å². The van der Waals surface area contributed by atoms with Gasteiger partial charge >= 0.3 is 0 Å². The Kier molecular flexibility index (Phi) is 3.00. The minimum absolute atomic E-state index is 0.0126. The van der Waals surface area contributed by atoms with Crippen molar-refractivity contribution in [3.63, 3.8) is 0 Å². The van der Waals surface area contributed by atoms with Gasteiger partial charge in [0.1, 0.15) is 0 Å². The number of pyridine rings is 1. The summed E-state index contributed by atoms with van der Waals surface area (Å²) in [5.74, 6) is 0. The third-order valence-electron chi connectivity index (χ3n) is 3.87. The molecule has 2 N–H and O–H groups in total. The van der Waals surface area contributed by atoms with Crippen LogP contribution in [0.3, 0.4) is 0 Å². The van der Waals surface area contributed by atoms with Crippen LogP contribution >= 0.6 is 0 Å². The zero-order valence-electron chi connectivity index (χ0n) is 10.1. The Labute approximate surface area is 96.9 Å². The van der Waals surface area contributed by atoms with Crippen molar-refractivity contribution in [2.45, 2.75) is 45.4 Å². The van der Waals surface area contributed by atoms with Gasteiger partial charge in [-0.1, -0.05) is 13.8 Å². The number of aromatic nitrogens is 1.